The first kappa shape index (κ1) is 19.7. The van der Waals surface area contributed by atoms with Crippen molar-refractivity contribution in [2.45, 2.75) is 39.5 Å². The van der Waals surface area contributed by atoms with Crippen molar-refractivity contribution in [1.82, 2.24) is 0 Å². The summed E-state index contributed by atoms with van der Waals surface area (Å²) >= 11 is 0. The van der Waals surface area contributed by atoms with Crippen LogP contribution >= 0.6 is 0 Å². The molecule has 0 aromatic heterocycles. The third-order valence-electron chi connectivity index (χ3n) is 4.96. The number of anilines is 2. The van der Waals surface area contributed by atoms with E-state index in [1.54, 1.807) is 6.07 Å². The molecule has 0 saturated heterocycles. The van der Waals surface area contributed by atoms with Gasteiger partial charge in [-0.3, -0.25) is 9.59 Å². The molecule has 0 fully saturated rings. The Bertz CT molecular complexity index is 944. The van der Waals surface area contributed by atoms with Crippen LogP contribution in [0.15, 0.2) is 59.9 Å². The van der Waals surface area contributed by atoms with Gasteiger partial charge in [0, 0.05) is 11.4 Å². The number of nitrogens with one attached hydrogen (secondary N) is 1. The highest BCUT2D eigenvalue weighted by molar-refractivity contribution is 6.29. The molecule has 5 heteroatoms. The number of hydrogen-bond donors (Lipinski definition) is 2. The highest BCUT2D eigenvalue weighted by Gasteiger charge is 2.37. The molecular formula is C23H26N2O3. The van der Waals surface area contributed by atoms with Crippen LogP contribution in [0.25, 0.3) is 0 Å². The maximum Gasteiger partial charge on any atom is 0.267 e. The summed E-state index contributed by atoms with van der Waals surface area (Å²) < 4.78 is 0. The van der Waals surface area contributed by atoms with Gasteiger partial charge in [0.25, 0.3) is 11.8 Å². The maximum atomic E-state index is 13.0. The quantitative estimate of drug-likeness (QED) is 0.739. The van der Waals surface area contributed by atoms with Crippen molar-refractivity contribution in [2.75, 3.05) is 16.8 Å². The van der Waals surface area contributed by atoms with Gasteiger partial charge in [0.15, 0.2) is 0 Å². The maximum absolute atomic E-state index is 13.0. The fraction of sp³-hybridized carbons (Fsp3) is 0.304. The average Bonchev–Trinajstić information content (AvgIpc) is 2.96. The molecule has 2 aromatic rings. The Morgan fingerprint density at radius 3 is 2.18 bits per heavy atom. The van der Waals surface area contributed by atoms with Crippen molar-refractivity contribution >= 4 is 23.2 Å². The molecule has 0 unspecified atom stereocenters. The van der Waals surface area contributed by atoms with Gasteiger partial charge in [0.05, 0.1) is 6.54 Å². The van der Waals surface area contributed by atoms with Crippen LogP contribution in [0.2, 0.25) is 0 Å². The molecule has 5 nitrogen and oxygen atoms in total. The lowest BCUT2D eigenvalue weighted by molar-refractivity contribution is -0.119. The van der Waals surface area contributed by atoms with Crippen molar-refractivity contribution in [3.05, 3.63) is 71.0 Å². The Hall–Kier alpha value is -3.08. The Morgan fingerprint density at radius 1 is 0.964 bits per heavy atom. The zero-order valence-corrected chi connectivity index (χ0v) is 16.7. The van der Waals surface area contributed by atoms with Gasteiger partial charge in [-0.2, -0.15) is 0 Å². The minimum absolute atomic E-state index is 0.00283. The predicted octanol–water partition coefficient (Wildman–Crippen LogP) is 4.73. The van der Waals surface area contributed by atoms with Crippen molar-refractivity contribution in [3.63, 3.8) is 0 Å². The molecule has 1 heterocycles. The number of hydrogen-bond acceptors (Lipinski definition) is 3. The number of aliphatic hydroxyl groups excluding tert-OH is 1. The number of carbonyl (C=O) groups is 2. The number of aliphatic hydroxyl groups is 1. The number of rotatable bonds is 5. The molecule has 1 aliphatic heterocycles. The Labute approximate surface area is 165 Å². The first-order valence-corrected chi connectivity index (χ1v) is 9.54. The van der Waals surface area contributed by atoms with Gasteiger partial charge in [-0.15, -0.1) is 0 Å². The van der Waals surface area contributed by atoms with Crippen molar-refractivity contribution in [3.8, 4) is 0 Å². The van der Waals surface area contributed by atoms with Gasteiger partial charge in [-0.1, -0.05) is 64.1 Å². The molecule has 2 aromatic carbocycles. The van der Waals surface area contributed by atoms with Gasteiger partial charge < -0.3 is 15.3 Å². The summed E-state index contributed by atoms with van der Waals surface area (Å²) in [6.45, 7) is 8.16. The van der Waals surface area contributed by atoms with E-state index in [9.17, 15) is 14.7 Å². The molecule has 0 radical (unpaired) electrons. The molecule has 0 bridgehead atoms. The van der Waals surface area contributed by atoms with Crippen LogP contribution in [0.4, 0.5) is 11.4 Å². The smallest absolute Gasteiger partial charge is 0.267 e. The lowest BCUT2D eigenvalue weighted by Crippen LogP contribution is -2.31. The van der Waals surface area contributed by atoms with E-state index in [1.165, 1.54) is 4.90 Å². The van der Waals surface area contributed by atoms with Gasteiger partial charge in [-0.25, -0.2) is 0 Å². The summed E-state index contributed by atoms with van der Waals surface area (Å²) in [4.78, 5) is 27.3. The second kappa shape index (κ2) is 7.89. The lowest BCUT2D eigenvalue weighted by Gasteiger charge is -2.22. The van der Waals surface area contributed by atoms with Gasteiger partial charge in [0.2, 0.25) is 0 Å². The third kappa shape index (κ3) is 3.65. The molecule has 0 saturated carbocycles. The second-order valence-electron chi connectivity index (χ2n) is 7.62. The van der Waals surface area contributed by atoms with E-state index in [2.05, 4.69) is 5.32 Å². The standard InChI is InChI=1S/C23H26N2O3/c1-14(2)16-9-5-7-11-18(16)24-22(27)21-20(26)13-25(23(21)28)19-12-8-6-10-17(19)15(3)4/h5-12,14-15,26H,13H2,1-4H3,(H,24,27). The first-order valence-electron chi connectivity index (χ1n) is 9.54. The molecular weight excluding hydrogens is 352 g/mol. The van der Waals surface area contributed by atoms with E-state index in [-0.39, 0.29) is 29.7 Å². The van der Waals surface area contributed by atoms with Crippen molar-refractivity contribution < 1.29 is 14.7 Å². The number of para-hydroxylation sites is 2. The van der Waals surface area contributed by atoms with Gasteiger partial charge in [0.1, 0.15) is 11.3 Å². The zero-order valence-electron chi connectivity index (χ0n) is 16.7. The Kier molecular flexibility index (Phi) is 5.54. The first-order chi connectivity index (χ1) is 13.3. The van der Waals surface area contributed by atoms with E-state index in [4.69, 9.17) is 0 Å². The molecule has 0 spiro atoms. The molecule has 1 aliphatic rings. The fourth-order valence-corrected chi connectivity index (χ4v) is 3.50. The number of nitrogens with zero attached hydrogens (tertiary/aromatic N) is 1. The van der Waals surface area contributed by atoms with Crippen molar-refractivity contribution in [1.29, 1.82) is 0 Å². The largest absolute Gasteiger partial charge is 0.509 e. The minimum Gasteiger partial charge on any atom is -0.509 e. The number of carbonyl (C=O) groups excluding carboxylic acids is 2. The monoisotopic (exact) mass is 378 g/mol. The molecule has 0 aliphatic carbocycles. The normalized spacial score (nSPS) is 14.4. The number of benzene rings is 2. The van der Waals surface area contributed by atoms with Crippen LogP contribution in [-0.2, 0) is 9.59 Å². The van der Waals surface area contributed by atoms with E-state index < -0.39 is 11.8 Å². The highest BCUT2D eigenvalue weighted by Crippen LogP contribution is 2.32. The van der Waals surface area contributed by atoms with Crippen LogP contribution in [0.5, 0.6) is 0 Å². The van der Waals surface area contributed by atoms with Crippen LogP contribution in [-0.4, -0.2) is 23.5 Å². The second-order valence-corrected chi connectivity index (χ2v) is 7.62. The lowest BCUT2D eigenvalue weighted by atomic mass is 10.0. The van der Waals surface area contributed by atoms with Gasteiger partial charge in [-0.05, 0) is 35.1 Å². The summed E-state index contributed by atoms with van der Waals surface area (Å²) in [7, 11) is 0. The molecule has 0 atom stereocenters. The van der Waals surface area contributed by atoms with E-state index in [1.807, 2.05) is 70.2 Å². The van der Waals surface area contributed by atoms with Crippen LogP contribution in [0, 0.1) is 0 Å². The van der Waals surface area contributed by atoms with E-state index in [0.29, 0.717) is 5.69 Å². The Morgan fingerprint density at radius 2 is 1.54 bits per heavy atom. The predicted molar refractivity (Wildman–Crippen MR) is 112 cm³/mol. The Balaban J connectivity index is 1.88. The number of amides is 2. The summed E-state index contributed by atoms with van der Waals surface area (Å²) in [5, 5.41) is 13.2. The summed E-state index contributed by atoms with van der Waals surface area (Å²) in [6, 6.07) is 15.1. The summed E-state index contributed by atoms with van der Waals surface area (Å²) in [5.41, 5.74) is 3.15. The SMILES string of the molecule is CC(C)c1ccccc1NC(=O)C1=C(O)CN(c2ccccc2C(C)C)C1=O. The van der Waals surface area contributed by atoms with Crippen LogP contribution in [0.3, 0.4) is 0 Å². The van der Waals surface area contributed by atoms with E-state index >= 15 is 0 Å². The average molecular weight is 378 g/mol. The zero-order chi connectivity index (χ0) is 20.4. The highest BCUT2D eigenvalue weighted by atomic mass is 16.3. The van der Waals surface area contributed by atoms with Gasteiger partial charge >= 0.3 is 0 Å². The molecule has 2 amide bonds. The molecule has 146 valence electrons. The minimum atomic E-state index is -0.583. The molecule has 3 rings (SSSR count). The fourth-order valence-electron chi connectivity index (χ4n) is 3.50. The third-order valence-corrected chi connectivity index (χ3v) is 4.96. The van der Waals surface area contributed by atoms with Crippen LogP contribution in [0.1, 0.15) is 50.7 Å². The summed E-state index contributed by atoms with van der Waals surface area (Å²) in [6.07, 6.45) is 0. The topological polar surface area (TPSA) is 69.6 Å². The van der Waals surface area contributed by atoms with Crippen molar-refractivity contribution in [2.24, 2.45) is 0 Å². The van der Waals surface area contributed by atoms with Crippen LogP contribution < -0.4 is 10.2 Å². The summed E-state index contributed by atoms with van der Waals surface area (Å²) in [5.74, 6) is -0.844. The molecule has 2 N–H and O–H groups in total. The molecule has 28 heavy (non-hydrogen) atoms. The van der Waals surface area contributed by atoms with E-state index in [0.717, 1.165) is 16.8 Å².